The summed E-state index contributed by atoms with van der Waals surface area (Å²) in [4.78, 5) is 0. The third kappa shape index (κ3) is 3.27. The molecule has 0 spiro atoms. The third-order valence-electron chi connectivity index (χ3n) is 4.77. The summed E-state index contributed by atoms with van der Waals surface area (Å²) >= 11 is 0. The predicted octanol–water partition coefficient (Wildman–Crippen LogP) is 3.44. The SMILES string of the molecule is CCCNC(Cc1cc(F)ccc1F)C1CC2CCC1O2. The van der Waals surface area contributed by atoms with Crippen LogP contribution in [0.1, 0.15) is 38.2 Å². The van der Waals surface area contributed by atoms with Crippen LogP contribution in [0, 0.1) is 17.6 Å². The highest BCUT2D eigenvalue weighted by molar-refractivity contribution is 5.20. The summed E-state index contributed by atoms with van der Waals surface area (Å²) in [6.07, 6.45) is 5.53. The van der Waals surface area contributed by atoms with E-state index in [1.807, 2.05) is 0 Å². The van der Waals surface area contributed by atoms with Gasteiger partial charge in [0.25, 0.3) is 0 Å². The molecule has 0 aliphatic carbocycles. The van der Waals surface area contributed by atoms with E-state index in [2.05, 4.69) is 12.2 Å². The van der Waals surface area contributed by atoms with Gasteiger partial charge in [-0.25, -0.2) is 8.78 Å². The van der Waals surface area contributed by atoms with Crippen LogP contribution in [0.5, 0.6) is 0 Å². The van der Waals surface area contributed by atoms with Crippen LogP contribution >= 0.6 is 0 Å². The van der Waals surface area contributed by atoms with Crippen molar-refractivity contribution in [2.75, 3.05) is 6.54 Å². The topological polar surface area (TPSA) is 21.3 Å². The molecule has 2 bridgehead atoms. The molecule has 1 aromatic rings. The fraction of sp³-hybridized carbons (Fsp3) is 0.647. The van der Waals surface area contributed by atoms with Gasteiger partial charge in [0.15, 0.2) is 0 Å². The molecular weight excluding hydrogens is 272 g/mol. The fourth-order valence-corrected chi connectivity index (χ4v) is 3.74. The zero-order chi connectivity index (χ0) is 14.8. The monoisotopic (exact) mass is 295 g/mol. The van der Waals surface area contributed by atoms with Gasteiger partial charge in [-0.15, -0.1) is 0 Å². The maximum atomic E-state index is 13.9. The van der Waals surface area contributed by atoms with E-state index in [-0.39, 0.29) is 17.7 Å². The molecule has 116 valence electrons. The second-order valence-electron chi connectivity index (χ2n) is 6.27. The van der Waals surface area contributed by atoms with Crippen molar-refractivity contribution in [1.82, 2.24) is 5.32 Å². The molecule has 0 aromatic heterocycles. The molecule has 2 aliphatic heterocycles. The molecule has 4 unspecified atom stereocenters. The number of fused-ring (bicyclic) bond motifs is 2. The minimum Gasteiger partial charge on any atom is -0.375 e. The van der Waals surface area contributed by atoms with E-state index in [1.165, 1.54) is 18.2 Å². The lowest BCUT2D eigenvalue weighted by molar-refractivity contribution is 0.0856. The van der Waals surface area contributed by atoms with Crippen LogP contribution in [0.3, 0.4) is 0 Å². The molecule has 2 saturated heterocycles. The molecule has 0 radical (unpaired) electrons. The second-order valence-corrected chi connectivity index (χ2v) is 6.27. The summed E-state index contributed by atoms with van der Waals surface area (Å²) < 4.78 is 33.2. The van der Waals surface area contributed by atoms with Crippen molar-refractivity contribution in [2.45, 2.75) is 57.3 Å². The Bertz CT molecular complexity index is 494. The number of nitrogens with one attached hydrogen (secondary N) is 1. The van der Waals surface area contributed by atoms with E-state index in [4.69, 9.17) is 4.74 Å². The number of ether oxygens (including phenoxy) is 1. The quantitative estimate of drug-likeness (QED) is 0.868. The molecule has 2 nitrogen and oxygen atoms in total. The van der Waals surface area contributed by atoms with Crippen LogP contribution < -0.4 is 5.32 Å². The van der Waals surface area contributed by atoms with E-state index in [0.29, 0.717) is 30.1 Å². The lowest BCUT2D eigenvalue weighted by Gasteiger charge is -2.29. The van der Waals surface area contributed by atoms with E-state index >= 15 is 0 Å². The largest absolute Gasteiger partial charge is 0.375 e. The van der Waals surface area contributed by atoms with Crippen LogP contribution in [0.25, 0.3) is 0 Å². The highest BCUT2D eigenvalue weighted by Gasteiger charge is 2.44. The summed E-state index contributed by atoms with van der Waals surface area (Å²) in [6, 6.07) is 3.88. The van der Waals surface area contributed by atoms with Gasteiger partial charge in [-0.05, 0) is 62.4 Å². The predicted molar refractivity (Wildman–Crippen MR) is 78.1 cm³/mol. The van der Waals surface area contributed by atoms with Gasteiger partial charge in [0.1, 0.15) is 11.6 Å². The van der Waals surface area contributed by atoms with Crippen molar-refractivity contribution in [1.29, 1.82) is 0 Å². The van der Waals surface area contributed by atoms with Crippen LogP contribution in [-0.4, -0.2) is 24.8 Å². The van der Waals surface area contributed by atoms with Crippen LogP contribution in [-0.2, 0) is 11.2 Å². The molecule has 3 rings (SSSR count). The first kappa shape index (κ1) is 14.9. The molecule has 1 aromatic carbocycles. The van der Waals surface area contributed by atoms with Crippen LogP contribution in [0.15, 0.2) is 18.2 Å². The van der Waals surface area contributed by atoms with Gasteiger partial charge in [-0.3, -0.25) is 0 Å². The average molecular weight is 295 g/mol. The summed E-state index contributed by atoms with van der Waals surface area (Å²) in [5.74, 6) is -0.272. The lowest BCUT2D eigenvalue weighted by atomic mass is 9.81. The van der Waals surface area contributed by atoms with Gasteiger partial charge in [0.05, 0.1) is 12.2 Å². The fourth-order valence-electron chi connectivity index (χ4n) is 3.74. The van der Waals surface area contributed by atoms with Gasteiger partial charge in [-0.1, -0.05) is 6.92 Å². The smallest absolute Gasteiger partial charge is 0.126 e. The number of benzene rings is 1. The Labute approximate surface area is 124 Å². The van der Waals surface area contributed by atoms with Crippen molar-refractivity contribution >= 4 is 0 Å². The summed E-state index contributed by atoms with van der Waals surface area (Å²) in [5.41, 5.74) is 0.464. The molecule has 1 N–H and O–H groups in total. The van der Waals surface area contributed by atoms with Gasteiger partial charge < -0.3 is 10.1 Å². The van der Waals surface area contributed by atoms with Crippen molar-refractivity contribution in [3.05, 3.63) is 35.4 Å². The van der Waals surface area contributed by atoms with Crippen LogP contribution in [0.2, 0.25) is 0 Å². The summed E-state index contributed by atoms with van der Waals surface area (Å²) in [6.45, 7) is 3.01. The Kier molecular flexibility index (Phi) is 4.55. The van der Waals surface area contributed by atoms with Gasteiger partial charge in [0, 0.05) is 12.0 Å². The second kappa shape index (κ2) is 6.41. The highest BCUT2D eigenvalue weighted by Crippen LogP contribution is 2.41. The molecule has 2 aliphatic rings. The maximum Gasteiger partial charge on any atom is 0.126 e. The Morgan fingerprint density at radius 3 is 2.86 bits per heavy atom. The number of rotatable bonds is 6. The molecule has 2 heterocycles. The molecule has 2 fully saturated rings. The summed E-state index contributed by atoms with van der Waals surface area (Å²) in [7, 11) is 0. The minimum atomic E-state index is -0.371. The maximum absolute atomic E-state index is 13.9. The number of halogens is 2. The molecule has 21 heavy (non-hydrogen) atoms. The van der Waals surface area contributed by atoms with Gasteiger partial charge in [-0.2, -0.15) is 0 Å². The molecule has 0 amide bonds. The van der Waals surface area contributed by atoms with E-state index in [9.17, 15) is 8.78 Å². The Morgan fingerprint density at radius 2 is 2.19 bits per heavy atom. The highest BCUT2D eigenvalue weighted by atomic mass is 19.1. The first-order chi connectivity index (χ1) is 10.2. The van der Waals surface area contributed by atoms with Crippen molar-refractivity contribution < 1.29 is 13.5 Å². The Morgan fingerprint density at radius 1 is 1.33 bits per heavy atom. The molecule has 4 heteroatoms. The summed E-state index contributed by atoms with van der Waals surface area (Å²) in [5, 5.41) is 3.52. The van der Waals surface area contributed by atoms with Gasteiger partial charge >= 0.3 is 0 Å². The molecular formula is C17H23F2NO. The molecule has 4 atom stereocenters. The average Bonchev–Trinajstić information content (AvgIpc) is 3.09. The zero-order valence-corrected chi connectivity index (χ0v) is 12.4. The normalized spacial score (nSPS) is 29.0. The van der Waals surface area contributed by atoms with E-state index in [0.717, 1.165) is 32.2 Å². The first-order valence-corrected chi connectivity index (χ1v) is 8.00. The van der Waals surface area contributed by atoms with Gasteiger partial charge in [0.2, 0.25) is 0 Å². The standard InChI is InChI=1S/C17H23F2NO/c1-2-7-20-16(14-10-13-4-6-17(14)21-13)9-11-8-12(18)3-5-15(11)19/h3,5,8,13-14,16-17,20H,2,4,6-7,9-10H2,1H3. The van der Waals surface area contributed by atoms with Crippen molar-refractivity contribution in [2.24, 2.45) is 5.92 Å². The lowest BCUT2D eigenvalue weighted by Crippen LogP contribution is -2.42. The van der Waals surface area contributed by atoms with Crippen molar-refractivity contribution in [3.8, 4) is 0 Å². The van der Waals surface area contributed by atoms with E-state index in [1.54, 1.807) is 0 Å². The first-order valence-electron chi connectivity index (χ1n) is 8.00. The van der Waals surface area contributed by atoms with E-state index < -0.39 is 0 Å². The Hall–Kier alpha value is -1.00. The number of hydrogen-bond donors (Lipinski definition) is 1. The molecule has 0 saturated carbocycles. The minimum absolute atomic E-state index is 0.163. The van der Waals surface area contributed by atoms with Crippen LogP contribution in [0.4, 0.5) is 8.78 Å². The number of hydrogen-bond acceptors (Lipinski definition) is 2. The zero-order valence-electron chi connectivity index (χ0n) is 12.4. The Balaban J connectivity index is 1.74. The third-order valence-corrected chi connectivity index (χ3v) is 4.77. The van der Waals surface area contributed by atoms with Crippen molar-refractivity contribution in [3.63, 3.8) is 0 Å².